The van der Waals surface area contributed by atoms with Crippen molar-refractivity contribution in [2.75, 3.05) is 20.3 Å². The Labute approximate surface area is 255 Å². The van der Waals surface area contributed by atoms with Gasteiger partial charge in [0.1, 0.15) is 24.3 Å². The molecule has 43 heavy (non-hydrogen) atoms. The van der Waals surface area contributed by atoms with E-state index >= 15 is 0 Å². The van der Waals surface area contributed by atoms with Crippen LogP contribution in [0.5, 0.6) is 5.88 Å². The number of benzene rings is 1. The van der Waals surface area contributed by atoms with Crippen LogP contribution in [-0.2, 0) is 14.3 Å². The van der Waals surface area contributed by atoms with Crippen molar-refractivity contribution in [3.8, 4) is 17.1 Å². The summed E-state index contributed by atoms with van der Waals surface area (Å²) in [6.07, 6.45) is 0.996. The summed E-state index contributed by atoms with van der Waals surface area (Å²) in [5.74, 6) is 0.384. The molecule has 0 bridgehead atoms. The number of nitrogens with zero attached hydrogens (tertiary/aromatic N) is 3. The van der Waals surface area contributed by atoms with Gasteiger partial charge in [-0.15, -0.1) is 0 Å². The Balaban J connectivity index is 0.00000248. The normalized spacial score (nSPS) is 21.0. The summed E-state index contributed by atoms with van der Waals surface area (Å²) >= 11 is 0. The highest BCUT2D eigenvalue weighted by Crippen LogP contribution is 2.37. The van der Waals surface area contributed by atoms with Crippen molar-refractivity contribution >= 4 is 11.5 Å². The number of aliphatic imine (C=N–C) groups is 2. The van der Waals surface area contributed by atoms with E-state index in [2.05, 4.69) is 10.5 Å². The largest absolute Gasteiger partial charge is 0.481 e. The number of aromatic nitrogens is 1. The predicted octanol–water partition coefficient (Wildman–Crippen LogP) is 6.82. The van der Waals surface area contributed by atoms with Gasteiger partial charge in [-0.2, -0.15) is 0 Å². The third-order valence-corrected chi connectivity index (χ3v) is 7.01. The Hall–Kier alpha value is -3.60. The predicted molar refractivity (Wildman–Crippen MR) is 169 cm³/mol. The van der Waals surface area contributed by atoms with Gasteiger partial charge in [-0.3, -0.25) is 9.83 Å². The summed E-state index contributed by atoms with van der Waals surface area (Å²) in [5, 5.41) is 0. The van der Waals surface area contributed by atoms with Crippen LogP contribution in [-0.4, -0.2) is 48.7 Å². The Bertz CT molecular complexity index is 1400. The Kier molecular flexibility index (Phi) is 12.0. The number of allylic oxidation sites excluding steroid dienone is 2. The molecule has 3 N–H and O–H groups in total. The smallest absolute Gasteiger partial charge is 0.213 e. The number of rotatable bonds is 8. The fraction of sp³-hybridized carbons (Fsp3) is 0.485. The molecular weight excluding hydrogens is 549 g/mol. The second-order valence-corrected chi connectivity index (χ2v) is 10.8. The zero-order valence-corrected chi connectivity index (χ0v) is 26.9. The van der Waals surface area contributed by atoms with Crippen LogP contribution in [0.15, 0.2) is 68.9 Å². The maximum Gasteiger partial charge on any atom is 0.213 e. The van der Waals surface area contributed by atoms with Crippen molar-refractivity contribution in [2.24, 2.45) is 15.7 Å². The molecule has 9 nitrogen and oxygen atoms in total. The summed E-state index contributed by atoms with van der Waals surface area (Å²) < 4.78 is 31.4. The van der Waals surface area contributed by atoms with E-state index in [1.165, 1.54) is 12.1 Å². The highest BCUT2D eigenvalue weighted by atomic mass is 19.1. The highest BCUT2D eigenvalue weighted by molar-refractivity contribution is 6.25. The molecule has 1 aromatic carbocycles. The molecule has 2 atom stereocenters. The minimum atomic E-state index is -0.652. The van der Waals surface area contributed by atoms with E-state index in [0.717, 1.165) is 34.4 Å². The van der Waals surface area contributed by atoms with Gasteiger partial charge in [-0.1, -0.05) is 38.5 Å². The first kappa shape index (κ1) is 33.9. The third kappa shape index (κ3) is 8.72. The first-order chi connectivity index (χ1) is 20.5. The monoisotopic (exact) mass is 595 g/mol. The van der Waals surface area contributed by atoms with E-state index in [9.17, 15) is 4.39 Å². The van der Waals surface area contributed by atoms with E-state index < -0.39 is 11.8 Å². The van der Waals surface area contributed by atoms with Crippen LogP contribution in [0.2, 0.25) is 0 Å². The van der Waals surface area contributed by atoms with Crippen molar-refractivity contribution in [2.45, 2.75) is 86.2 Å². The van der Waals surface area contributed by atoms with Gasteiger partial charge in [0.25, 0.3) is 0 Å². The molecule has 10 heteroatoms. The molecule has 0 amide bonds. The molecule has 2 aliphatic rings. The van der Waals surface area contributed by atoms with Crippen molar-refractivity contribution in [3.05, 3.63) is 70.3 Å². The molecule has 0 aliphatic carbocycles. The van der Waals surface area contributed by atoms with Gasteiger partial charge in [0, 0.05) is 23.6 Å². The van der Waals surface area contributed by atoms with Crippen LogP contribution in [0, 0.1) is 5.82 Å². The molecule has 2 unspecified atom stereocenters. The van der Waals surface area contributed by atoms with Gasteiger partial charge in [0.15, 0.2) is 11.6 Å². The zero-order chi connectivity index (χ0) is 31.7. The summed E-state index contributed by atoms with van der Waals surface area (Å²) in [4.78, 5) is 20.4. The van der Waals surface area contributed by atoms with Crippen molar-refractivity contribution in [1.82, 2.24) is 10.5 Å². The molecule has 1 fully saturated rings. The highest BCUT2D eigenvalue weighted by Gasteiger charge is 2.34. The van der Waals surface area contributed by atoms with Crippen molar-refractivity contribution < 1.29 is 23.4 Å². The lowest BCUT2D eigenvalue weighted by molar-refractivity contribution is -0.146. The molecule has 1 aromatic heterocycles. The maximum absolute atomic E-state index is 14.6. The van der Waals surface area contributed by atoms with E-state index in [1.807, 2.05) is 67.5 Å². The zero-order valence-electron chi connectivity index (χ0n) is 26.9. The lowest BCUT2D eigenvalue weighted by Gasteiger charge is -2.28. The number of hydroxylamine groups is 1. The topological polar surface area (TPSA) is 113 Å². The summed E-state index contributed by atoms with van der Waals surface area (Å²) in [6.45, 7) is 16.4. The van der Waals surface area contributed by atoms with Crippen LogP contribution in [0.3, 0.4) is 0 Å². The summed E-state index contributed by atoms with van der Waals surface area (Å²) in [5.41, 5.74) is 15.0. The quantitative estimate of drug-likeness (QED) is 0.322. The number of nitrogens with two attached hydrogens (primary N) is 1. The molecule has 0 radical (unpaired) electrons. The van der Waals surface area contributed by atoms with E-state index in [4.69, 9.17) is 34.8 Å². The lowest BCUT2D eigenvalue weighted by atomic mass is 9.88. The van der Waals surface area contributed by atoms with Crippen LogP contribution < -0.4 is 16.0 Å². The first-order valence-corrected chi connectivity index (χ1v) is 14.8. The van der Waals surface area contributed by atoms with Gasteiger partial charge in [0.05, 0.1) is 31.2 Å². The van der Waals surface area contributed by atoms with Crippen LogP contribution in [0.25, 0.3) is 11.3 Å². The van der Waals surface area contributed by atoms with Gasteiger partial charge in [0.2, 0.25) is 5.88 Å². The van der Waals surface area contributed by atoms with E-state index in [1.54, 1.807) is 19.2 Å². The SMILES string of the molecule is CC.CC/C(C)=C(N)/N=C1/CC(c2ccc(F)cc2-c2cccc(OC)n2)N=C(NOCC2COC(C)(C)O2)C1=C(C)C. The molecule has 1 saturated heterocycles. The Morgan fingerprint density at radius 2 is 1.93 bits per heavy atom. The molecule has 0 saturated carbocycles. The fourth-order valence-electron chi connectivity index (χ4n) is 4.76. The first-order valence-electron chi connectivity index (χ1n) is 14.8. The molecule has 4 rings (SSSR count). The number of hydrogen-bond acceptors (Lipinski definition) is 9. The average Bonchev–Trinajstić information content (AvgIpc) is 3.35. The second kappa shape index (κ2) is 15.2. The molecular formula is C33H46FN5O4. The summed E-state index contributed by atoms with van der Waals surface area (Å²) in [6, 6.07) is 9.61. The molecule has 2 aromatic rings. The lowest BCUT2D eigenvalue weighted by Crippen LogP contribution is -2.36. The Morgan fingerprint density at radius 1 is 1.19 bits per heavy atom. The number of amidine groups is 1. The fourth-order valence-corrected chi connectivity index (χ4v) is 4.76. The Morgan fingerprint density at radius 3 is 2.56 bits per heavy atom. The number of ether oxygens (including phenoxy) is 3. The summed E-state index contributed by atoms with van der Waals surface area (Å²) in [7, 11) is 1.55. The molecule has 0 spiro atoms. The minimum Gasteiger partial charge on any atom is -0.481 e. The number of nitrogens with one attached hydrogen (secondary N) is 1. The van der Waals surface area contributed by atoms with E-state index in [0.29, 0.717) is 41.8 Å². The van der Waals surface area contributed by atoms with Gasteiger partial charge >= 0.3 is 0 Å². The number of methoxy groups -OCH3 is 1. The van der Waals surface area contributed by atoms with Crippen LogP contribution in [0.4, 0.5) is 4.39 Å². The maximum atomic E-state index is 14.6. The van der Waals surface area contributed by atoms with Gasteiger partial charge < -0.3 is 19.9 Å². The molecule has 3 heterocycles. The minimum absolute atomic E-state index is 0.227. The van der Waals surface area contributed by atoms with Gasteiger partial charge in [-0.05, 0) is 70.4 Å². The van der Waals surface area contributed by atoms with E-state index in [-0.39, 0.29) is 18.5 Å². The van der Waals surface area contributed by atoms with Crippen molar-refractivity contribution in [3.63, 3.8) is 0 Å². The molecule has 234 valence electrons. The molecule has 2 aliphatic heterocycles. The standard InChI is InChI=1S/C31H40FN5O4.C2H6/c1-8-19(4)29(33)35-26-15-25(22-13-12-20(32)14-23(22)24-10-9-11-27(34-24)38-7)36-30(28(26)18(2)3)37-40-17-21-16-39-31(5,6)41-21;1-2/h9-14,21,25H,8,15-17,33H2,1-7H3,(H,36,37);1-2H3/b29-19+,35-26-;. The van der Waals surface area contributed by atoms with Crippen molar-refractivity contribution in [1.29, 1.82) is 0 Å². The second-order valence-electron chi connectivity index (χ2n) is 10.8. The average molecular weight is 596 g/mol. The third-order valence-electron chi connectivity index (χ3n) is 7.01. The number of hydrogen-bond donors (Lipinski definition) is 2. The number of pyridine rings is 1. The van der Waals surface area contributed by atoms with Crippen LogP contribution in [0.1, 0.15) is 79.8 Å². The van der Waals surface area contributed by atoms with Gasteiger partial charge in [-0.25, -0.2) is 19.8 Å². The number of halogens is 1. The van der Waals surface area contributed by atoms with Crippen LogP contribution >= 0.6 is 0 Å².